The van der Waals surface area contributed by atoms with Crippen LogP contribution in [0.4, 0.5) is 31.1 Å². The Kier molecular flexibility index (Phi) is 11.9. The topological polar surface area (TPSA) is 94.5 Å². The van der Waals surface area contributed by atoms with Gasteiger partial charge in [-0.05, 0) is 43.2 Å². The molecule has 1 unspecified atom stereocenters. The van der Waals surface area contributed by atoms with Crippen molar-refractivity contribution >= 4 is 12.1 Å². The first-order chi connectivity index (χ1) is 18.3. The molecular formula is C25H27F6NO7. The Morgan fingerprint density at radius 1 is 0.974 bits per heavy atom. The summed E-state index contributed by atoms with van der Waals surface area (Å²) in [5.74, 6) is -1.58. The molecule has 1 amide bonds. The molecule has 0 aromatic heterocycles. The van der Waals surface area contributed by atoms with E-state index in [1.165, 1.54) is 12.1 Å². The van der Waals surface area contributed by atoms with Gasteiger partial charge in [-0.1, -0.05) is 18.2 Å². The lowest BCUT2D eigenvalue weighted by atomic mass is 10.1. The van der Waals surface area contributed by atoms with Gasteiger partial charge in [0.15, 0.2) is 6.10 Å². The fourth-order valence-corrected chi connectivity index (χ4v) is 3.16. The van der Waals surface area contributed by atoms with Gasteiger partial charge >= 0.3 is 24.3 Å². The standard InChI is InChI=1S/C25H27F6NO7/c1-2-36-21(22(33)34)15-17-7-9-19(10-8-17)37-14-12-32(11-4-13-38-25(30,31)24(27,28)29)23(35)39-20-6-3-5-18(26)16-20/h3,5-10,16,21H,2,4,11-15H2,1H3,(H,33,34). The highest BCUT2D eigenvalue weighted by molar-refractivity contribution is 5.72. The quantitative estimate of drug-likeness (QED) is 0.231. The van der Waals surface area contributed by atoms with Crippen LogP contribution in [0.15, 0.2) is 48.5 Å². The van der Waals surface area contributed by atoms with Crippen molar-refractivity contribution < 1.29 is 60.0 Å². The van der Waals surface area contributed by atoms with Gasteiger partial charge < -0.3 is 29.0 Å². The first-order valence-electron chi connectivity index (χ1n) is 11.7. The number of carbonyl (C=O) groups is 2. The summed E-state index contributed by atoms with van der Waals surface area (Å²) in [6.07, 6.45) is -13.5. The number of alkyl halides is 5. The zero-order valence-electron chi connectivity index (χ0n) is 20.8. The zero-order valence-corrected chi connectivity index (χ0v) is 20.8. The Labute approximate surface area is 220 Å². The predicted octanol–water partition coefficient (Wildman–Crippen LogP) is 5.30. The van der Waals surface area contributed by atoms with Gasteiger partial charge in [0.05, 0.1) is 13.2 Å². The Hall–Kier alpha value is -3.52. The summed E-state index contributed by atoms with van der Waals surface area (Å²) in [5.41, 5.74) is 0.666. The van der Waals surface area contributed by atoms with Crippen LogP contribution >= 0.6 is 0 Å². The number of ether oxygens (including phenoxy) is 4. The molecule has 0 radical (unpaired) electrons. The van der Waals surface area contributed by atoms with Gasteiger partial charge in [0, 0.05) is 25.6 Å². The van der Waals surface area contributed by atoms with Gasteiger partial charge in [-0.2, -0.15) is 22.0 Å². The Morgan fingerprint density at radius 2 is 1.67 bits per heavy atom. The van der Waals surface area contributed by atoms with Gasteiger partial charge in [0.25, 0.3) is 0 Å². The van der Waals surface area contributed by atoms with Crippen LogP contribution in [0.2, 0.25) is 0 Å². The Balaban J connectivity index is 1.96. The van der Waals surface area contributed by atoms with E-state index in [1.807, 2.05) is 0 Å². The van der Waals surface area contributed by atoms with Crippen molar-refractivity contribution in [1.29, 1.82) is 0 Å². The molecule has 0 aliphatic carbocycles. The molecule has 14 heteroatoms. The summed E-state index contributed by atoms with van der Waals surface area (Å²) in [6.45, 7) is 0.253. The molecular weight excluding hydrogens is 540 g/mol. The van der Waals surface area contributed by atoms with E-state index < -0.39 is 49.3 Å². The Bertz CT molecular complexity index is 1070. The normalized spacial score (nSPS) is 12.6. The summed E-state index contributed by atoms with van der Waals surface area (Å²) >= 11 is 0. The molecule has 1 atom stereocenters. The summed E-state index contributed by atoms with van der Waals surface area (Å²) in [6, 6.07) is 11.0. The van der Waals surface area contributed by atoms with Crippen LogP contribution in [0.1, 0.15) is 18.9 Å². The molecule has 0 saturated carbocycles. The molecule has 2 aromatic rings. The number of carboxylic acids is 1. The van der Waals surface area contributed by atoms with E-state index in [4.69, 9.17) is 14.2 Å². The number of carbonyl (C=O) groups excluding carboxylic acids is 1. The molecule has 0 aliphatic heterocycles. The van der Waals surface area contributed by atoms with Gasteiger partial charge in [-0.3, -0.25) is 0 Å². The van der Waals surface area contributed by atoms with E-state index in [-0.39, 0.29) is 38.5 Å². The van der Waals surface area contributed by atoms with Crippen molar-refractivity contribution in [2.45, 2.75) is 38.2 Å². The minimum absolute atomic E-state index is 0.124. The van der Waals surface area contributed by atoms with E-state index >= 15 is 0 Å². The molecule has 39 heavy (non-hydrogen) atoms. The molecule has 8 nitrogen and oxygen atoms in total. The second-order valence-electron chi connectivity index (χ2n) is 8.01. The van der Waals surface area contributed by atoms with Crippen molar-refractivity contribution in [2.75, 3.05) is 32.9 Å². The smallest absolute Gasteiger partial charge is 0.482 e. The van der Waals surface area contributed by atoms with Crippen LogP contribution < -0.4 is 9.47 Å². The predicted molar refractivity (Wildman–Crippen MR) is 124 cm³/mol. The van der Waals surface area contributed by atoms with Gasteiger partial charge in [0.1, 0.15) is 23.9 Å². The number of rotatable bonds is 15. The van der Waals surface area contributed by atoms with Crippen LogP contribution in [0.5, 0.6) is 11.5 Å². The maximum atomic E-state index is 13.4. The minimum Gasteiger partial charge on any atom is -0.492 e. The average Bonchev–Trinajstić information content (AvgIpc) is 2.85. The summed E-state index contributed by atoms with van der Waals surface area (Å²) in [5, 5.41) is 9.19. The van der Waals surface area contributed by atoms with Crippen molar-refractivity contribution in [3.63, 3.8) is 0 Å². The molecule has 0 spiro atoms. The fraction of sp³-hybridized carbons (Fsp3) is 0.440. The van der Waals surface area contributed by atoms with Crippen molar-refractivity contribution in [1.82, 2.24) is 4.90 Å². The van der Waals surface area contributed by atoms with Crippen molar-refractivity contribution in [3.05, 3.63) is 59.9 Å². The molecule has 0 saturated heterocycles. The van der Waals surface area contributed by atoms with Crippen LogP contribution in [0.3, 0.4) is 0 Å². The minimum atomic E-state index is -5.88. The highest BCUT2D eigenvalue weighted by atomic mass is 19.4. The van der Waals surface area contributed by atoms with Gasteiger partial charge in [-0.25, -0.2) is 14.0 Å². The summed E-state index contributed by atoms with van der Waals surface area (Å²) in [7, 11) is 0. The lowest BCUT2D eigenvalue weighted by Crippen LogP contribution is -2.41. The number of carboxylic acid groups (broad SMARTS) is 1. The van der Waals surface area contributed by atoms with Gasteiger partial charge in [-0.15, -0.1) is 0 Å². The van der Waals surface area contributed by atoms with Gasteiger partial charge in [0.2, 0.25) is 0 Å². The van der Waals surface area contributed by atoms with E-state index in [1.54, 1.807) is 31.2 Å². The first-order valence-corrected chi connectivity index (χ1v) is 11.7. The number of amides is 1. The maximum Gasteiger partial charge on any atom is 0.482 e. The molecule has 1 N–H and O–H groups in total. The highest BCUT2D eigenvalue weighted by Gasteiger charge is 2.59. The van der Waals surface area contributed by atoms with Crippen LogP contribution in [0.25, 0.3) is 0 Å². The Morgan fingerprint density at radius 3 is 2.26 bits per heavy atom. The maximum absolute atomic E-state index is 13.4. The van der Waals surface area contributed by atoms with E-state index in [0.29, 0.717) is 11.3 Å². The molecule has 0 aliphatic rings. The van der Waals surface area contributed by atoms with Crippen molar-refractivity contribution in [3.8, 4) is 11.5 Å². The molecule has 0 bridgehead atoms. The monoisotopic (exact) mass is 567 g/mol. The number of benzene rings is 2. The SMILES string of the molecule is CCOC(Cc1ccc(OCCN(CCCOC(F)(F)C(F)(F)F)C(=O)Oc2cccc(F)c2)cc1)C(=O)O. The van der Waals surface area contributed by atoms with Crippen LogP contribution in [0, 0.1) is 5.82 Å². The number of halogens is 6. The highest BCUT2D eigenvalue weighted by Crippen LogP contribution is 2.36. The summed E-state index contributed by atoms with van der Waals surface area (Å²) < 4.78 is 95.6. The van der Waals surface area contributed by atoms with E-state index in [2.05, 4.69) is 4.74 Å². The number of aliphatic carboxylic acids is 1. The van der Waals surface area contributed by atoms with E-state index in [0.717, 1.165) is 17.0 Å². The number of hydrogen-bond donors (Lipinski definition) is 1. The zero-order chi connectivity index (χ0) is 29.1. The molecule has 0 fully saturated rings. The third kappa shape index (κ3) is 10.6. The molecule has 2 rings (SSSR count). The second kappa shape index (κ2) is 14.6. The fourth-order valence-electron chi connectivity index (χ4n) is 3.16. The molecule has 0 heterocycles. The van der Waals surface area contributed by atoms with Crippen LogP contribution in [-0.4, -0.2) is 73.4 Å². The average molecular weight is 567 g/mol. The molecule has 216 valence electrons. The third-order valence-corrected chi connectivity index (χ3v) is 5.06. The van der Waals surface area contributed by atoms with E-state index in [9.17, 15) is 41.0 Å². The third-order valence-electron chi connectivity index (χ3n) is 5.06. The summed E-state index contributed by atoms with van der Waals surface area (Å²) in [4.78, 5) is 24.8. The second-order valence-corrected chi connectivity index (χ2v) is 8.01. The first kappa shape index (κ1) is 31.7. The lowest BCUT2D eigenvalue weighted by molar-refractivity contribution is -0.391. The largest absolute Gasteiger partial charge is 0.492 e. The van der Waals surface area contributed by atoms with Crippen molar-refractivity contribution in [2.24, 2.45) is 0 Å². The lowest BCUT2D eigenvalue weighted by Gasteiger charge is -2.23. The van der Waals surface area contributed by atoms with Crippen LogP contribution in [-0.2, 0) is 20.7 Å². The number of nitrogens with zero attached hydrogens (tertiary/aromatic N) is 1. The number of hydrogen-bond acceptors (Lipinski definition) is 6. The molecule has 2 aromatic carbocycles.